The minimum atomic E-state index is -0.476. The summed E-state index contributed by atoms with van der Waals surface area (Å²) in [6.45, 7) is 0. The Kier molecular flexibility index (Phi) is 3.29. The quantitative estimate of drug-likeness (QED) is 0.758. The molecule has 0 spiro atoms. The van der Waals surface area contributed by atoms with Crippen molar-refractivity contribution in [2.24, 2.45) is 0 Å². The number of anilines is 1. The van der Waals surface area contributed by atoms with E-state index in [1.54, 1.807) is 0 Å². The monoisotopic (exact) mass is 225 g/mol. The zero-order chi connectivity index (χ0) is 11.5. The second kappa shape index (κ2) is 4.70. The highest BCUT2D eigenvalue weighted by Gasteiger charge is 2.25. The van der Waals surface area contributed by atoms with Crippen LogP contribution in [0.25, 0.3) is 0 Å². The smallest absolute Gasteiger partial charge is 0.145 e. The molecule has 4 heteroatoms. The second-order valence-electron chi connectivity index (χ2n) is 4.19. The molecule has 1 aliphatic carbocycles. The summed E-state index contributed by atoms with van der Waals surface area (Å²) in [5.74, 6) is -0.0551. The van der Waals surface area contributed by atoms with Crippen LogP contribution in [-0.4, -0.2) is 17.3 Å². The number of aliphatic hydroxyl groups excluding tert-OH is 1. The van der Waals surface area contributed by atoms with Crippen molar-refractivity contribution in [3.63, 3.8) is 0 Å². The zero-order valence-corrected chi connectivity index (χ0v) is 9.03. The highest BCUT2D eigenvalue weighted by Crippen LogP contribution is 2.28. The van der Waals surface area contributed by atoms with Gasteiger partial charge in [0.1, 0.15) is 17.7 Å². The Balaban J connectivity index is 2.10. The predicted molar refractivity (Wildman–Crippen MR) is 59.7 cm³/mol. The molecule has 3 N–H and O–H groups in total. The fraction of sp³-hybridized carbons (Fsp3) is 0.500. The van der Waals surface area contributed by atoms with E-state index >= 15 is 0 Å². The van der Waals surface area contributed by atoms with Gasteiger partial charge in [-0.1, -0.05) is 6.42 Å². The van der Waals surface area contributed by atoms with Gasteiger partial charge in [-0.05, 0) is 31.4 Å². The molecule has 2 unspecified atom stereocenters. The number of benzene rings is 1. The van der Waals surface area contributed by atoms with Crippen LogP contribution in [0.1, 0.15) is 25.7 Å². The molecule has 0 saturated heterocycles. The van der Waals surface area contributed by atoms with E-state index in [-0.39, 0.29) is 11.9 Å². The summed E-state index contributed by atoms with van der Waals surface area (Å²) in [7, 11) is 0. The first-order chi connectivity index (χ1) is 7.66. The number of ether oxygens (including phenoxy) is 1. The minimum absolute atomic E-state index is 0.266. The largest absolute Gasteiger partial charge is 0.485 e. The summed E-state index contributed by atoms with van der Waals surface area (Å²) >= 11 is 0. The van der Waals surface area contributed by atoms with Gasteiger partial charge in [-0.15, -0.1) is 0 Å². The molecular weight excluding hydrogens is 209 g/mol. The van der Waals surface area contributed by atoms with E-state index in [9.17, 15) is 9.50 Å². The molecule has 1 aliphatic rings. The van der Waals surface area contributed by atoms with Crippen molar-refractivity contribution in [2.75, 3.05) is 5.73 Å². The topological polar surface area (TPSA) is 55.5 Å². The lowest BCUT2D eigenvalue weighted by Crippen LogP contribution is -2.34. The third kappa shape index (κ3) is 2.44. The average Bonchev–Trinajstić information content (AvgIpc) is 2.27. The van der Waals surface area contributed by atoms with Crippen molar-refractivity contribution >= 4 is 5.69 Å². The van der Waals surface area contributed by atoms with Crippen LogP contribution < -0.4 is 10.5 Å². The van der Waals surface area contributed by atoms with E-state index in [0.717, 1.165) is 25.7 Å². The Morgan fingerprint density at radius 3 is 2.81 bits per heavy atom. The van der Waals surface area contributed by atoms with Crippen LogP contribution in [0.5, 0.6) is 5.75 Å². The van der Waals surface area contributed by atoms with Gasteiger partial charge in [0, 0.05) is 6.07 Å². The zero-order valence-electron chi connectivity index (χ0n) is 9.03. The van der Waals surface area contributed by atoms with Crippen molar-refractivity contribution in [2.45, 2.75) is 37.9 Å². The molecule has 88 valence electrons. The van der Waals surface area contributed by atoms with Crippen LogP contribution in [0.3, 0.4) is 0 Å². The van der Waals surface area contributed by atoms with Crippen LogP contribution in [0, 0.1) is 5.82 Å². The van der Waals surface area contributed by atoms with Gasteiger partial charge in [0.25, 0.3) is 0 Å². The SMILES string of the molecule is Nc1ccc(F)cc1OC1CCCCC1O. The van der Waals surface area contributed by atoms with Crippen molar-refractivity contribution in [3.8, 4) is 5.75 Å². The fourth-order valence-corrected chi connectivity index (χ4v) is 1.99. The average molecular weight is 225 g/mol. The minimum Gasteiger partial charge on any atom is -0.485 e. The van der Waals surface area contributed by atoms with Gasteiger partial charge in [0.05, 0.1) is 11.8 Å². The van der Waals surface area contributed by atoms with Crippen LogP contribution in [-0.2, 0) is 0 Å². The van der Waals surface area contributed by atoms with E-state index in [1.807, 2.05) is 0 Å². The summed E-state index contributed by atoms with van der Waals surface area (Å²) < 4.78 is 18.6. The highest BCUT2D eigenvalue weighted by atomic mass is 19.1. The third-order valence-corrected chi connectivity index (χ3v) is 2.92. The van der Waals surface area contributed by atoms with Crippen molar-refractivity contribution in [3.05, 3.63) is 24.0 Å². The molecule has 2 rings (SSSR count). The lowest BCUT2D eigenvalue weighted by molar-refractivity contribution is 0.00714. The summed E-state index contributed by atoms with van der Waals surface area (Å²) in [5.41, 5.74) is 6.08. The molecule has 0 amide bonds. The molecule has 16 heavy (non-hydrogen) atoms. The van der Waals surface area contributed by atoms with E-state index in [0.29, 0.717) is 11.4 Å². The van der Waals surface area contributed by atoms with Gasteiger partial charge in [-0.3, -0.25) is 0 Å². The molecule has 0 aliphatic heterocycles. The normalized spacial score (nSPS) is 25.4. The van der Waals surface area contributed by atoms with Crippen molar-refractivity contribution in [1.82, 2.24) is 0 Å². The molecule has 1 aromatic rings. The van der Waals surface area contributed by atoms with E-state index in [4.69, 9.17) is 10.5 Å². The number of aliphatic hydroxyl groups is 1. The summed E-state index contributed by atoms with van der Waals surface area (Å²) in [5, 5.41) is 9.73. The maximum atomic E-state index is 13.0. The number of halogens is 1. The molecule has 2 atom stereocenters. The van der Waals surface area contributed by atoms with Gasteiger partial charge in [0.15, 0.2) is 0 Å². The Hall–Kier alpha value is -1.29. The molecule has 1 aromatic carbocycles. The first kappa shape index (κ1) is 11.2. The summed E-state index contributed by atoms with van der Waals surface area (Å²) in [4.78, 5) is 0. The predicted octanol–water partition coefficient (Wildman–Crippen LogP) is 2.09. The Morgan fingerprint density at radius 2 is 2.06 bits per heavy atom. The van der Waals surface area contributed by atoms with Gasteiger partial charge >= 0.3 is 0 Å². The molecule has 0 bridgehead atoms. The van der Waals surface area contributed by atoms with Crippen LogP contribution in [0.15, 0.2) is 18.2 Å². The molecule has 1 fully saturated rings. The second-order valence-corrected chi connectivity index (χ2v) is 4.19. The first-order valence-electron chi connectivity index (χ1n) is 5.56. The lowest BCUT2D eigenvalue weighted by atomic mass is 9.95. The number of hydrogen-bond donors (Lipinski definition) is 2. The Bertz CT molecular complexity index is 370. The molecule has 0 radical (unpaired) electrons. The van der Waals surface area contributed by atoms with Crippen LogP contribution in [0.4, 0.5) is 10.1 Å². The van der Waals surface area contributed by atoms with Gasteiger partial charge < -0.3 is 15.6 Å². The maximum absolute atomic E-state index is 13.0. The van der Waals surface area contributed by atoms with Crippen molar-refractivity contribution < 1.29 is 14.2 Å². The van der Waals surface area contributed by atoms with Crippen molar-refractivity contribution in [1.29, 1.82) is 0 Å². The first-order valence-corrected chi connectivity index (χ1v) is 5.56. The number of nitrogens with two attached hydrogens (primary N) is 1. The number of hydrogen-bond acceptors (Lipinski definition) is 3. The Labute approximate surface area is 94.0 Å². The highest BCUT2D eigenvalue weighted by molar-refractivity contribution is 5.52. The maximum Gasteiger partial charge on any atom is 0.145 e. The van der Waals surface area contributed by atoms with Crippen LogP contribution in [0.2, 0.25) is 0 Å². The van der Waals surface area contributed by atoms with E-state index < -0.39 is 6.10 Å². The standard InChI is InChI=1S/C12H16FNO2/c13-8-5-6-9(14)12(7-8)16-11-4-2-1-3-10(11)15/h5-7,10-11,15H,1-4,14H2. The Morgan fingerprint density at radius 1 is 1.31 bits per heavy atom. The third-order valence-electron chi connectivity index (χ3n) is 2.92. The van der Waals surface area contributed by atoms with E-state index in [1.165, 1.54) is 18.2 Å². The van der Waals surface area contributed by atoms with Gasteiger partial charge in [-0.25, -0.2) is 4.39 Å². The fourth-order valence-electron chi connectivity index (χ4n) is 1.99. The van der Waals surface area contributed by atoms with Gasteiger partial charge in [-0.2, -0.15) is 0 Å². The molecule has 3 nitrogen and oxygen atoms in total. The van der Waals surface area contributed by atoms with Crippen LogP contribution >= 0.6 is 0 Å². The summed E-state index contributed by atoms with van der Waals surface area (Å²) in [6, 6.07) is 4.02. The molecule has 0 aromatic heterocycles. The summed E-state index contributed by atoms with van der Waals surface area (Å²) in [6.07, 6.45) is 2.82. The number of rotatable bonds is 2. The molecule has 1 saturated carbocycles. The van der Waals surface area contributed by atoms with E-state index in [2.05, 4.69) is 0 Å². The molecule has 0 heterocycles. The number of nitrogen functional groups attached to an aromatic ring is 1. The molecular formula is C12H16FNO2. The van der Waals surface area contributed by atoms with Gasteiger partial charge in [0.2, 0.25) is 0 Å². The lowest BCUT2D eigenvalue weighted by Gasteiger charge is -2.28.